The van der Waals surface area contributed by atoms with Crippen LogP contribution in [0.5, 0.6) is 5.75 Å². The molecule has 1 atom stereocenters. The molecule has 164 valence electrons. The molecule has 1 unspecified atom stereocenters. The van der Waals surface area contributed by atoms with Crippen molar-refractivity contribution in [2.75, 3.05) is 30.9 Å². The van der Waals surface area contributed by atoms with E-state index < -0.39 is 16.1 Å². The number of rotatable bonds is 11. The average Bonchev–Trinajstić information content (AvgIpc) is 2.86. The van der Waals surface area contributed by atoms with E-state index >= 15 is 0 Å². The van der Waals surface area contributed by atoms with Gasteiger partial charge in [-0.15, -0.1) is 0 Å². The van der Waals surface area contributed by atoms with Gasteiger partial charge in [-0.3, -0.25) is 4.79 Å². The number of hydrogen-bond donors (Lipinski definition) is 1. The largest absolute Gasteiger partial charge is 0.497 e. The van der Waals surface area contributed by atoms with E-state index in [-0.39, 0.29) is 18.2 Å². The number of carbonyl (C=O) groups excluding carboxylic acids is 1. The van der Waals surface area contributed by atoms with Gasteiger partial charge in [-0.1, -0.05) is 51.2 Å². The molecule has 1 aromatic carbocycles. The van der Waals surface area contributed by atoms with Gasteiger partial charge < -0.3 is 10.1 Å². The van der Waals surface area contributed by atoms with Crippen LogP contribution < -0.4 is 10.1 Å². The maximum Gasteiger partial charge on any atom is 0.239 e. The molecule has 1 aliphatic rings. The molecule has 29 heavy (non-hydrogen) atoms. The molecule has 1 amide bonds. The highest BCUT2D eigenvalue weighted by Crippen LogP contribution is 2.23. The smallest absolute Gasteiger partial charge is 0.239 e. The fourth-order valence-corrected chi connectivity index (χ4v) is 6.58. The van der Waals surface area contributed by atoms with Gasteiger partial charge in [-0.2, -0.15) is 16.1 Å². The van der Waals surface area contributed by atoms with Crippen molar-refractivity contribution in [3.8, 4) is 5.75 Å². The first kappa shape index (κ1) is 24.0. The number of thioether (sulfide) groups is 1. The van der Waals surface area contributed by atoms with Crippen LogP contribution in [-0.2, 0) is 21.4 Å². The van der Waals surface area contributed by atoms with E-state index in [1.54, 1.807) is 7.11 Å². The Bertz CT molecular complexity index is 723. The molecule has 0 radical (unpaired) electrons. The van der Waals surface area contributed by atoms with Crippen molar-refractivity contribution in [1.82, 2.24) is 9.62 Å². The number of nitrogens with zero attached hydrogens (tertiary/aromatic N) is 1. The summed E-state index contributed by atoms with van der Waals surface area (Å²) in [4.78, 5) is 12.8. The summed E-state index contributed by atoms with van der Waals surface area (Å²) in [5.74, 6) is 1.59. The number of benzene rings is 1. The minimum Gasteiger partial charge on any atom is -0.497 e. The Kier molecular flexibility index (Phi) is 10.3. The number of ether oxygens (including phenoxy) is 1. The van der Waals surface area contributed by atoms with Gasteiger partial charge in [0, 0.05) is 24.6 Å². The maximum atomic E-state index is 12.8. The predicted molar refractivity (Wildman–Crippen MR) is 120 cm³/mol. The Balaban J connectivity index is 1.98. The highest BCUT2D eigenvalue weighted by Gasteiger charge is 2.36. The van der Waals surface area contributed by atoms with Crippen molar-refractivity contribution in [1.29, 1.82) is 0 Å². The summed E-state index contributed by atoms with van der Waals surface area (Å²) in [6, 6.07) is 6.63. The predicted octanol–water partition coefficient (Wildman–Crippen LogP) is 3.42. The Morgan fingerprint density at radius 2 is 1.86 bits per heavy atom. The van der Waals surface area contributed by atoms with Crippen molar-refractivity contribution >= 4 is 27.7 Å². The molecule has 6 nitrogen and oxygen atoms in total. The SMILES string of the molecule is CCCCCCCCNC(=O)C1CSCCS(=O)(=O)N1Cc1ccc(OC)cc1. The molecule has 1 N–H and O–H groups in total. The normalized spacial score (nSPS) is 19.4. The van der Waals surface area contributed by atoms with E-state index in [9.17, 15) is 13.2 Å². The molecule has 2 rings (SSSR count). The van der Waals surface area contributed by atoms with Crippen LogP contribution in [0.15, 0.2) is 24.3 Å². The van der Waals surface area contributed by atoms with Crippen molar-refractivity contribution < 1.29 is 17.9 Å². The Morgan fingerprint density at radius 1 is 1.17 bits per heavy atom. The molecule has 0 aromatic heterocycles. The molecule has 0 aliphatic carbocycles. The zero-order valence-electron chi connectivity index (χ0n) is 17.6. The molecule has 0 saturated carbocycles. The van der Waals surface area contributed by atoms with E-state index in [4.69, 9.17) is 4.74 Å². The highest BCUT2D eigenvalue weighted by molar-refractivity contribution is 8.00. The van der Waals surface area contributed by atoms with E-state index in [2.05, 4.69) is 12.2 Å². The van der Waals surface area contributed by atoms with Crippen LogP contribution >= 0.6 is 11.8 Å². The standard InChI is InChI=1S/C21H34N2O4S2/c1-3-4-5-6-7-8-13-22-21(24)20-17-28-14-15-29(25,26)23(20)16-18-9-11-19(27-2)12-10-18/h9-12,20H,3-8,13-17H2,1-2H3,(H,22,24). The third-order valence-electron chi connectivity index (χ3n) is 5.10. The molecular formula is C21H34N2O4S2. The van der Waals surface area contributed by atoms with E-state index in [1.807, 2.05) is 24.3 Å². The van der Waals surface area contributed by atoms with Crippen LogP contribution in [0.1, 0.15) is 51.0 Å². The monoisotopic (exact) mass is 442 g/mol. The van der Waals surface area contributed by atoms with Gasteiger partial charge >= 0.3 is 0 Å². The zero-order chi connectivity index (χ0) is 21.1. The van der Waals surface area contributed by atoms with Gasteiger partial charge in [0.2, 0.25) is 15.9 Å². The number of hydrogen-bond acceptors (Lipinski definition) is 5. The van der Waals surface area contributed by atoms with Crippen LogP contribution in [0.4, 0.5) is 0 Å². The molecule has 0 bridgehead atoms. The van der Waals surface area contributed by atoms with Gasteiger partial charge in [-0.05, 0) is 24.1 Å². The zero-order valence-corrected chi connectivity index (χ0v) is 19.2. The molecule has 1 saturated heterocycles. The number of amides is 1. The second-order valence-electron chi connectivity index (χ2n) is 7.36. The van der Waals surface area contributed by atoms with Crippen molar-refractivity contribution in [2.45, 2.75) is 58.0 Å². The van der Waals surface area contributed by atoms with E-state index in [0.717, 1.165) is 24.2 Å². The van der Waals surface area contributed by atoms with Gasteiger partial charge in [0.1, 0.15) is 11.8 Å². The molecule has 1 aliphatic heterocycles. The lowest BCUT2D eigenvalue weighted by Gasteiger charge is -2.27. The molecule has 1 aromatic rings. The minimum atomic E-state index is -3.49. The van der Waals surface area contributed by atoms with Crippen molar-refractivity contribution in [2.24, 2.45) is 0 Å². The lowest BCUT2D eigenvalue weighted by atomic mass is 10.1. The lowest BCUT2D eigenvalue weighted by Crippen LogP contribution is -2.50. The number of methoxy groups -OCH3 is 1. The molecule has 1 heterocycles. The summed E-state index contributed by atoms with van der Waals surface area (Å²) >= 11 is 1.53. The first-order valence-corrected chi connectivity index (χ1v) is 13.2. The fraction of sp³-hybridized carbons (Fsp3) is 0.667. The third-order valence-corrected chi connectivity index (χ3v) is 8.22. The van der Waals surface area contributed by atoms with Gasteiger partial charge in [-0.25, -0.2) is 8.42 Å². The molecule has 1 fully saturated rings. The number of sulfonamides is 1. The molecular weight excluding hydrogens is 408 g/mol. The maximum absolute atomic E-state index is 12.8. The Hall–Kier alpha value is -1.25. The summed E-state index contributed by atoms with van der Waals surface area (Å²) in [7, 11) is -1.90. The number of carbonyl (C=O) groups is 1. The Morgan fingerprint density at radius 3 is 2.55 bits per heavy atom. The molecule has 8 heteroatoms. The summed E-state index contributed by atoms with van der Waals surface area (Å²) in [5.41, 5.74) is 0.843. The van der Waals surface area contributed by atoms with Crippen LogP contribution in [0.2, 0.25) is 0 Å². The fourth-order valence-electron chi connectivity index (χ4n) is 3.31. The topological polar surface area (TPSA) is 75.7 Å². The highest BCUT2D eigenvalue weighted by atomic mass is 32.2. The van der Waals surface area contributed by atoms with Gasteiger partial charge in [0.05, 0.1) is 12.9 Å². The second-order valence-corrected chi connectivity index (χ2v) is 10.5. The first-order valence-electron chi connectivity index (χ1n) is 10.5. The number of nitrogens with one attached hydrogen (secondary N) is 1. The quantitative estimate of drug-likeness (QED) is 0.532. The Labute approximate surface area is 179 Å². The first-order chi connectivity index (χ1) is 14.0. The van der Waals surface area contributed by atoms with Crippen LogP contribution in [0.25, 0.3) is 0 Å². The van der Waals surface area contributed by atoms with Crippen molar-refractivity contribution in [3.63, 3.8) is 0 Å². The molecule has 0 spiro atoms. The van der Waals surface area contributed by atoms with Crippen LogP contribution in [0.3, 0.4) is 0 Å². The summed E-state index contributed by atoms with van der Waals surface area (Å²) in [5, 5.41) is 2.96. The van der Waals surface area contributed by atoms with Crippen LogP contribution in [0, 0.1) is 0 Å². The summed E-state index contributed by atoms with van der Waals surface area (Å²) < 4.78 is 32.2. The summed E-state index contributed by atoms with van der Waals surface area (Å²) in [6.07, 6.45) is 6.91. The van der Waals surface area contributed by atoms with Crippen LogP contribution in [-0.4, -0.2) is 55.6 Å². The second kappa shape index (κ2) is 12.4. The minimum absolute atomic E-state index is 0.0645. The lowest BCUT2D eigenvalue weighted by molar-refractivity contribution is -0.124. The van der Waals surface area contributed by atoms with Crippen molar-refractivity contribution in [3.05, 3.63) is 29.8 Å². The van der Waals surface area contributed by atoms with Gasteiger partial charge in [0.25, 0.3) is 0 Å². The van der Waals surface area contributed by atoms with E-state index in [1.165, 1.54) is 41.8 Å². The number of unbranched alkanes of at least 4 members (excludes halogenated alkanes) is 5. The average molecular weight is 443 g/mol. The summed E-state index contributed by atoms with van der Waals surface area (Å²) in [6.45, 7) is 2.99. The van der Waals surface area contributed by atoms with E-state index in [0.29, 0.717) is 18.1 Å². The third kappa shape index (κ3) is 7.83. The van der Waals surface area contributed by atoms with Gasteiger partial charge in [0.15, 0.2) is 0 Å².